The van der Waals surface area contributed by atoms with Gasteiger partial charge in [0.15, 0.2) is 11.5 Å². The fraction of sp³-hybridized carbons (Fsp3) is 0.579. The molecule has 7 nitrogen and oxygen atoms in total. The molecule has 0 spiro atoms. The maximum atomic E-state index is 11.7. The van der Waals surface area contributed by atoms with Crippen LogP contribution in [0.25, 0.3) is 0 Å². The fourth-order valence-electron chi connectivity index (χ4n) is 3.94. The van der Waals surface area contributed by atoms with Crippen molar-refractivity contribution in [1.82, 2.24) is 19.7 Å². The molecule has 0 unspecified atom stereocenters. The van der Waals surface area contributed by atoms with E-state index in [4.69, 9.17) is 9.47 Å². The molecule has 4 rings (SSSR count). The number of fused-ring (bicyclic) bond motifs is 1. The molecule has 0 atom stereocenters. The molecule has 1 N–H and O–H groups in total. The van der Waals surface area contributed by atoms with Gasteiger partial charge in [0.1, 0.15) is 5.82 Å². The van der Waals surface area contributed by atoms with E-state index in [1.807, 2.05) is 6.92 Å². The van der Waals surface area contributed by atoms with Crippen LogP contribution in [0, 0.1) is 12.8 Å². The topological polar surface area (TPSA) is 72.4 Å². The van der Waals surface area contributed by atoms with Gasteiger partial charge < -0.3 is 9.47 Å². The summed E-state index contributed by atoms with van der Waals surface area (Å²) in [6.45, 7) is 8.19. The molecule has 0 radical (unpaired) electrons. The second kappa shape index (κ2) is 7.15. The molecule has 0 bridgehead atoms. The Balaban J connectivity index is 1.35. The van der Waals surface area contributed by atoms with Gasteiger partial charge in [-0.2, -0.15) is 5.10 Å². The van der Waals surface area contributed by atoms with E-state index in [2.05, 4.69) is 34.2 Å². The van der Waals surface area contributed by atoms with Crippen LogP contribution in [0.15, 0.2) is 16.9 Å². The van der Waals surface area contributed by atoms with Gasteiger partial charge in [-0.1, -0.05) is 0 Å². The van der Waals surface area contributed by atoms with E-state index < -0.39 is 0 Å². The number of aromatic amines is 1. The van der Waals surface area contributed by atoms with Crippen molar-refractivity contribution in [3.8, 4) is 11.5 Å². The van der Waals surface area contributed by atoms with E-state index in [1.165, 1.54) is 11.1 Å². The number of likely N-dealkylation sites (tertiary alicyclic amines) is 1. The Morgan fingerprint density at radius 1 is 1.23 bits per heavy atom. The van der Waals surface area contributed by atoms with Crippen LogP contribution in [-0.4, -0.2) is 39.5 Å². The highest BCUT2D eigenvalue weighted by Gasteiger charge is 2.23. The highest BCUT2D eigenvalue weighted by molar-refractivity contribution is 5.48. The third-order valence-electron chi connectivity index (χ3n) is 5.56. The standard InChI is InChI=1S/C19H26N4O3/c1-3-23-18(20-21-19(23)24)9-14-4-6-22(7-5-14)11-15-10-17-16(8-13(15)2)25-12-26-17/h8,10,14H,3-7,9,11-12H2,1-2H3,(H,21,24). The lowest BCUT2D eigenvalue weighted by Gasteiger charge is -2.32. The van der Waals surface area contributed by atoms with E-state index in [9.17, 15) is 4.79 Å². The number of rotatable bonds is 5. The van der Waals surface area contributed by atoms with Gasteiger partial charge in [-0.25, -0.2) is 9.89 Å². The van der Waals surface area contributed by atoms with Crippen molar-refractivity contribution in [2.45, 2.75) is 46.2 Å². The predicted molar refractivity (Wildman–Crippen MR) is 97.5 cm³/mol. The first-order chi connectivity index (χ1) is 12.6. The van der Waals surface area contributed by atoms with Crippen LogP contribution in [-0.2, 0) is 19.5 Å². The van der Waals surface area contributed by atoms with Crippen molar-refractivity contribution < 1.29 is 9.47 Å². The minimum atomic E-state index is -0.0989. The van der Waals surface area contributed by atoms with Gasteiger partial charge >= 0.3 is 5.69 Å². The van der Waals surface area contributed by atoms with Gasteiger partial charge in [-0.3, -0.25) is 9.47 Å². The molecule has 26 heavy (non-hydrogen) atoms. The summed E-state index contributed by atoms with van der Waals surface area (Å²) in [6.07, 6.45) is 3.15. The Labute approximate surface area is 152 Å². The highest BCUT2D eigenvalue weighted by Crippen LogP contribution is 2.35. The van der Waals surface area contributed by atoms with Crippen molar-refractivity contribution >= 4 is 0 Å². The Morgan fingerprint density at radius 3 is 2.69 bits per heavy atom. The van der Waals surface area contributed by atoms with Gasteiger partial charge in [-0.15, -0.1) is 0 Å². The largest absolute Gasteiger partial charge is 0.454 e. The molecule has 7 heteroatoms. The molecule has 0 amide bonds. The summed E-state index contributed by atoms with van der Waals surface area (Å²) < 4.78 is 12.7. The second-order valence-electron chi connectivity index (χ2n) is 7.24. The summed E-state index contributed by atoms with van der Waals surface area (Å²) in [5.41, 5.74) is 2.46. The average Bonchev–Trinajstić information content (AvgIpc) is 3.23. The molecular formula is C19H26N4O3. The van der Waals surface area contributed by atoms with Crippen molar-refractivity contribution in [3.63, 3.8) is 0 Å². The Kier molecular flexibility index (Phi) is 4.72. The number of benzene rings is 1. The quantitative estimate of drug-likeness (QED) is 0.886. The first-order valence-corrected chi connectivity index (χ1v) is 9.39. The van der Waals surface area contributed by atoms with Crippen LogP contribution in [0.2, 0.25) is 0 Å². The van der Waals surface area contributed by atoms with Crippen molar-refractivity contribution in [3.05, 3.63) is 39.6 Å². The summed E-state index contributed by atoms with van der Waals surface area (Å²) in [5.74, 6) is 3.19. The van der Waals surface area contributed by atoms with Gasteiger partial charge in [0, 0.05) is 19.5 Å². The first-order valence-electron chi connectivity index (χ1n) is 9.39. The number of aryl methyl sites for hydroxylation is 1. The molecule has 2 aromatic rings. The smallest absolute Gasteiger partial charge is 0.343 e. The number of hydrogen-bond acceptors (Lipinski definition) is 5. The minimum absolute atomic E-state index is 0.0989. The molecular weight excluding hydrogens is 332 g/mol. The number of aromatic nitrogens is 3. The summed E-state index contributed by atoms with van der Waals surface area (Å²) in [6, 6.07) is 4.19. The summed E-state index contributed by atoms with van der Waals surface area (Å²) in [4.78, 5) is 14.2. The first kappa shape index (κ1) is 17.1. The minimum Gasteiger partial charge on any atom is -0.454 e. The molecule has 2 aliphatic heterocycles. The average molecular weight is 358 g/mol. The number of H-pyrrole nitrogens is 1. The van der Waals surface area contributed by atoms with Crippen molar-refractivity contribution in [2.75, 3.05) is 19.9 Å². The number of hydrogen-bond donors (Lipinski definition) is 1. The van der Waals surface area contributed by atoms with Crippen molar-refractivity contribution in [2.24, 2.45) is 5.92 Å². The highest BCUT2D eigenvalue weighted by atomic mass is 16.7. The number of nitrogens with zero attached hydrogens (tertiary/aromatic N) is 3. The monoisotopic (exact) mass is 358 g/mol. The summed E-state index contributed by atoms with van der Waals surface area (Å²) in [7, 11) is 0. The molecule has 3 heterocycles. The predicted octanol–water partition coefficient (Wildman–Crippen LogP) is 2.08. The third-order valence-corrected chi connectivity index (χ3v) is 5.56. The van der Waals surface area contributed by atoms with Crippen LogP contribution >= 0.6 is 0 Å². The van der Waals surface area contributed by atoms with Gasteiger partial charge in [0.2, 0.25) is 6.79 Å². The molecule has 0 saturated carbocycles. The van der Waals surface area contributed by atoms with Crippen LogP contribution in [0.4, 0.5) is 0 Å². The normalized spacial score (nSPS) is 17.8. The van der Waals surface area contributed by atoms with E-state index in [0.29, 0.717) is 19.3 Å². The number of piperidine rings is 1. The lowest BCUT2D eigenvalue weighted by Crippen LogP contribution is -2.34. The van der Waals surface area contributed by atoms with Crippen LogP contribution in [0.5, 0.6) is 11.5 Å². The molecule has 2 aliphatic rings. The fourth-order valence-corrected chi connectivity index (χ4v) is 3.94. The Bertz CT molecular complexity index is 834. The molecule has 1 aromatic heterocycles. The van der Waals surface area contributed by atoms with Gasteiger partial charge in [0.05, 0.1) is 0 Å². The third kappa shape index (κ3) is 3.35. The molecule has 1 aromatic carbocycles. The maximum Gasteiger partial charge on any atom is 0.343 e. The zero-order valence-corrected chi connectivity index (χ0v) is 15.5. The maximum absolute atomic E-state index is 11.7. The van der Waals surface area contributed by atoms with Gasteiger partial charge in [0.25, 0.3) is 0 Å². The van der Waals surface area contributed by atoms with E-state index in [-0.39, 0.29) is 5.69 Å². The Morgan fingerprint density at radius 2 is 1.96 bits per heavy atom. The van der Waals surface area contributed by atoms with Gasteiger partial charge in [-0.05, 0) is 69.0 Å². The molecule has 0 aliphatic carbocycles. The molecule has 1 saturated heterocycles. The number of ether oxygens (including phenoxy) is 2. The second-order valence-corrected chi connectivity index (χ2v) is 7.24. The SMILES string of the molecule is CCn1c(CC2CCN(Cc3cc4c(cc3C)OCO4)CC2)n[nH]c1=O. The number of nitrogens with one attached hydrogen (secondary N) is 1. The van der Waals surface area contributed by atoms with E-state index >= 15 is 0 Å². The van der Waals surface area contributed by atoms with E-state index in [0.717, 1.165) is 56.2 Å². The summed E-state index contributed by atoms with van der Waals surface area (Å²) in [5, 5.41) is 6.77. The van der Waals surface area contributed by atoms with Crippen molar-refractivity contribution in [1.29, 1.82) is 0 Å². The summed E-state index contributed by atoms with van der Waals surface area (Å²) >= 11 is 0. The zero-order chi connectivity index (χ0) is 18.1. The lowest BCUT2D eigenvalue weighted by atomic mass is 9.92. The zero-order valence-electron chi connectivity index (χ0n) is 15.5. The van der Waals surface area contributed by atoms with Crippen LogP contribution < -0.4 is 15.2 Å². The van der Waals surface area contributed by atoms with Crippen LogP contribution in [0.1, 0.15) is 36.7 Å². The molecule has 140 valence electrons. The lowest BCUT2D eigenvalue weighted by molar-refractivity contribution is 0.172. The Hall–Kier alpha value is -2.28. The van der Waals surface area contributed by atoms with Crippen LogP contribution in [0.3, 0.4) is 0 Å². The molecule has 1 fully saturated rings. The van der Waals surface area contributed by atoms with E-state index in [1.54, 1.807) is 4.57 Å².